The van der Waals surface area contributed by atoms with Crippen LogP contribution in [0.5, 0.6) is 0 Å². The van der Waals surface area contributed by atoms with E-state index in [2.05, 4.69) is 28.2 Å². The normalized spacial score (nSPS) is 12.4. The molecule has 0 saturated carbocycles. The summed E-state index contributed by atoms with van der Waals surface area (Å²) in [6.07, 6.45) is 1.52. The van der Waals surface area contributed by atoms with Crippen LogP contribution in [0.1, 0.15) is 30.5 Å². The zero-order valence-electron chi connectivity index (χ0n) is 11.9. The molecule has 1 nitrogen and oxygen atoms in total. The first kappa shape index (κ1) is 16.1. The van der Waals surface area contributed by atoms with Gasteiger partial charge < -0.3 is 5.32 Å². The molecule has 21 heavy (non-hydrogen) atoms. The molecule has 0 bridgehead atoms. The topological polar surface area (TPSA) is 12.0 Å². The minimum Gasteiger partial charge on any atom is -0.310 e. The summed E-state index contributed by atoms with van der Waals surface area (Å²) in [6.45, 7) is 2.91. The number of nitrogens with one attached hydrogen (secondary N) is 1. The SMILES string of the molecule is CCCNC(Cc1ccc(Br)cc1F)c1ccc(F)cc1. The van der Waals surface area contributed by atoms with E-state index in [1.165, 1.54) is 18.2 Å². The van der Waals surface area contributed by atoms with Crippen LogP contribution in [0.2, 0.25) is 0 Å². The Balaban J connectivity index is 2.21. The van der Waals surface area contributed by atoms with Crippen molar-refractivity contribution in [1.29, 1.82) is 0 Å². The molecule has 0 aromatic heterocycles. The van der Waals surface area contributed by atoms with Gasteiger partial charge in [-0.25, -0.2) is 8.78 Å². The minimum absolute atomic E-state index is 0.0266. The van der Waals surface area contributed by atoms with E-state index in [1.54, 1.807) is 18.2 Å². The highest BCUT2D eigenvalue weighted by molar-refractivity contribution is 9.10. The molecule has 4 heteroatoms. The zero-order valence-corrected chi connectivity index (χ0v) is 13.5. The Morgan fingerprint density at radius 1 is 1.10 bits per heavy atom. The lowest BCUT2D eigenvalue weighted by Crippen LogP contribution is -2.24. The van der Waals surface area contributed by atoms with E-state index >= 15 is 0 Å². The van der Waals surface area contributed by atoms with Gasteiger partial charge in [0.05, 0.1) is 0 Å². The van der Waals surface area contributed by atoms with Crippen molar-refractivity contribution in [2.24, 2.45) is 0 Å². The molecule has 0 fully saturated rings. The first-order chi connectivity index (χ1) is 10.1. The summed E-state index contributed by atoms with van der Waals surface area (Å²) < 4.78 is 27.8. The zero-order chi connectivity index (χ0) is 15.2. The van der Waals surface area contributed by atoms with Crippen molar-refractivity contribution in [2.45, 2.75) is 25.8 Å². The Kier molecular flexibility index (Phi) is 5.88. The van der Waals surface area contributed by atoms with Gasteiger partial charge in [0.1, 0.15) is 11.6 Å². The molecule has 0 aliphatic heterocycles. The maximum atomic E-state index is 14.0. The van der Waals surface area contributed by atoms with E-state index < -0.39 is 0 Å². The molecule has 2 aromatic carbocycles. The largest absolute Gasteiger partial charge is 0.310 e. The van der Waals surface area contributed by atoms with Gasteiger partial charge in [-0.1, -0.05) is 41.1 Å². The average molecular weight is 354 g/mol. The highest BCUT2D eigenvalue weighted by atomic mass is 79.9. The summed E-state index contributed by atoms with van der Waals surface area (Å²) in [6, 6.07) is 11.4. The summed E-state index contributed by atoms with van der Waals surface area (Å²) >= 11 is 3.26. The molecule has 0 radical (unpaired) electrons. The molecule has 0 saturated heterocycles. The lowest BCUT2D eigenvalue weighted by atomic mass is 9.98. The van der Waals surface area contributed by atoms with Crippen LogP contribution in [-0.2, 0) is 6.42 Å². The number of rotatable bonds is 6. The van der Waals surface area contributed by atoms with Crippen LogP contribution >= 0.6 is 15.9 Å². The molecular weight excluding hydrogens is 336 g/mol. The molecule has 0 aliphatic rings. The van der Waals surface area contributed by atoms with Crippen LogP contribution in [0.25, 0.3) is 0 Å². The maximum absolute atomic E-state index is 14.0. The van der Waals surface area contributed by atoms with Crippen molar-refractivity contribution in [3.63, 3.8) is 0 Å². The Morgan fingerprint density at radius 3 is 2.43 bits per heavy atom. The Labute approximate surface area is 132 Å². The van der Waals surface area contributed by atoms with Gasteiger partial charge in [-0.3, -0.25) is 0 Å². The molecule has 0 heterocycles. The fourth-order valence-corrected chi connectivity index (χ4v) is 2.56. The van der Waals surface area contributed by atoms with Crippen molar-refractivity contribution in [3.05, 3.63) is 69.7 Å². The molecule has 112 valence electrons. The fourth-order valence-electron chi connectivity index (χ4n) is 2.23. The maximum Gasteiger partial charge on any atom is 0.127 e. The predicted octanol–water partition coefficient (Wildman–Crippen LogP) is 5.01. The third-order valence-electron chi connectivity index (χ3n) is 3.35. The number of benzene rings is 2. The van der Waals surface area contributed by atoms with E-state index in [0.29, 0.717) is 12.0 Å². The highest BCUT2D eigenvalue weighted by Crippen LogP contribution is 2.23. The van der Waals surface area contributed by atoms with Crippen molar-refractivity contribution >= 4 is 15.9 Å². The quantitative estimate of drug-likeness (QED) is 0.769. The van der Waals surface area contributed by atoms with E-state index in [-0.39, 0.29) is 17.7 Å². The Bertz CT molecular complexity index is 584. The number of hydrogen-bond donors (Lipinski definition) is 1. The van der Waals surface area contributed by atoms with E-state index in [1.807, 2.05) is 6.07 Å². The summed E-state index contributed by atoms with van der Waals surface area (Å²) in [5.74, 6) is -0.488. The highest BCUT2D eigenvalue weighted by Gasteiger charge is 2.14. The van der Waals surface area contributed by atoms with Crippen LogP contribution in [-0.4, -0.2) is 6.54 Å². The van der Waals surface area contributed by atoms with Gasteiger partial charge in [-0.15, -0.1) is 0 Å². The summed E-state index contributed by atoms with van der Waals surface area (Å²) in [4.78, 5) is 0. The van der Waals surface area contributed by atoms with E-state index in [4.69, 9.17) is 0 Å². The summed E-state index contributed by atoms with van der Waals surface area (Å²) in [7, 11) is 0. The molecule has 1 N–H and O–H groups in total. The molecule has 2 rings (SSSR count). The second-order valence-electron chi connectivity index (χ2n) is 5.00. The Morgan fingerprint density at radius 2 is 1.81 bits per heavy atom. The van der Waals surface area contributed by atoms with Gasteiger partial charge in [0.25, 0.3) is 0 Å². The third-order valence-corrected chi connectivity index (χ3v) is 3.85. The summed E-state index contributed by atoms with van der Waals surface area (Å²) in [5.41, 5.74) is 1.61. The van der Waals surface area contributed by atoms with Crippen LogP contribution in [0, 0.1) is 11.6 Å². The molecule has 0 amide bonds. The first-order valence-electron chi connectivity index (χ1n) is 7.03. The van der Waals surface area contributed by atoms with Gasteiger partial charge in [-0.05, 0) is 54.8 Å². The molecular formula is C17H18BrF2N. The van der Waals surface area contributed by atoms with Gasteiger partial charge >= 0.3 is 0 Å². The lowest BCUT2D eigenvalue weighted by Gasteiger charge is -2.19. The fraction of sp³-hybridized carbons (Fsp3) is 0.294. The smallest absolute Gasteiger partial charge is 0.127 e. The van der Waals surface area contributed by atoms with Crippen LogP contribution in [0.4, 0.5) is 8.78 Å². The summed E-state index contributed by atoms with van der Waals surface area (Å²) in [5, 5.41) is 3.39. The lowest BCUT2D eigenvalue weighted by molar-refractivity contribution is 0.511. The number of hydrogen-bond acceptors (Lipinski definition) is 1. The standard InChI is InChI=1S/C17H18BrF2N/c1-2-9-21-17(12-4-7-15(19)8-5-12)10-13-3-6-14(18)11-16(13)20/h3-8,11,17,21H,2,9-10H2,1H3. The van der Waals surface area contributed by atoms with Gasteiger partial charge in [0.15, 0.2) is 0 Å². The van der Waals surface area contributed by atoms with Gasteiger partial charge in [0.2, 0.25) is 0 Å². The minimum atomic E-state index is -0.261. The second-order valence-corrected chi connectivity index (χ2v) is 5.91. The molecule has 0 aliphatic carbocycles. The van der Waals surface area contributed by atoms with E-state index in [0.717, 1.165) is 23.0 Å². The second kappa shape index (κ2) is 7.66. The van der Waals surface area contributed by atoms with Crippen molar-refractivity contribution in [3.8, 4) is 0 Å². The molecule has 2 aromatic rings. The van der Waals surface area contributed by atoms with Gasteiger partial charge in [-0.2, -0.15) is 0 Å². The van der Waals surface area contributed by atoms with Crippen molar-refractivity contribution in [2.75, 3.05) is 6.54 Å². The molecule has 0 spiro atoms. The third kappa shape index (κ3) is 4.61. The first-order valence-corrected chi connectivity index (χ1v) is 7.82. The Hall–Kier alpha value is -1.26. The van der Waals surface area contributed by atoms with E-state index in [9.17, 15) is 8.78 Å². The molecule has 1 unspecified atom stereocenters. The van der Waals surface area contributed by atoms with Crippen LogP contribution in [0.3, 0.4) is 0 Å². The average Bonchev–Trinajstić information content (AvgIpc) is 2.46. The van der Waals surface area contributed by atoms with Crippen LogP contribution in [0.15, 0.2) is 46.9 Å². The van der Waals surface area contributed by atoms with Crippen molar-refractivity contribution < 1.29 is 8.78 Å². The monoisotopic (exact) mass is 353 g/mol. The molecule has 1 atom stereocenters. The number of halogens is 3. The van der Waals surface area contributed by atoms with Crippen LogP contribution < -0.4 is 5.32 Å². The van der Waals surface area contributed by atoms with Crippen molar-refractivity contribution in [1.82, 2.24) is 5.32 Å². The van der Waals surface area contributed by atoms with Gasteiger partial charge in [0, 0.05) is 10.5 Å². The predicted molar refractivity (Wildman–Crippen MR) is 85.2 cm³/mol.